The van der Waals surface area contributed by atoms with Crippen LogP contribution in [0.5, 0.6) is 0 Å². The number of carbonyl (C=O) groups excluding carboxylic acids is 1. The summed E-state index contributed by atoms with van der Waals surface area (Å²) in [6.07, 6.45) is -0.617. The van der Waals surface area contributed by atoms with Crippen LogP contribution in [0.2, 0.25) is 0 Å². The molecule has 1 amide bonds. The van der Waals surface area contributed by atoms with Gasteiger partial charge in [0.2, 0.25) is 0 Å². The summed E-state index contributed by atoms with van der Waals surface area (Å²) in [6.45, 7) is 3.24. The molecule has 1 rings (SSSR count). The predicted octanol–water partition coefficient (Wildman–Crippen LogP) is 2.52. The van der Waals surface area contributed by atoms with E-state index in [0.717, 1.165) is 18.2 Å². The number of methoxy groups -OCH3 is 1. The highest BCUT2D eigenvalue weighted by molar-refractivity contribution is 5.80. The number of hydrogen-bond donors (Lipinski definition) is 0. The standard InChI is InChI=1S/C13H17F2NO2/c1-8(16(3)13(17)9(2)18-4)11-7-10(14)5-6-12(11)15/h5-9H,1-4H3. The van der Waals surface area contributed by atoms with Crippen LogP contribution in [0, 0.1) is 11.6 Å². The zero-order chi connectivity index (χ0) is 13.9. The topological polar surface area (TPSA) is 29.5 Å². The molecular formula is C13H17F2NO2. The summed E-state index contributed by atoms with van der Waals surface area (Å²) >= 11 is 0. The molecule has 0 N–H and O–H groups in total. The Morgan fingerprint density at radius 3 is 2.50 bits per heavy atom. The number of carbonyl (C=O) groups is 1. The molecule has 0 saturated carbocycles. The smallest absolute Gasteiger partial charge is 0.251 e. The van der Waals surface area contributed by atoms with Crippen molar-refractivity contribution in [1.29, 1.82) is 0 Å². The lowest BCUT2D eigenvalue weighted by Gasteiger charge is -2.27. The third kappa shape index (κ3) is 3.04. The fraction of sp³-hybridized carbons (Fsp3) is 0.462. The lowest BCUT2D eigenvalue weighted by molar-refractivity contribution is -0.141. The highest BCUT2D eigenvalue weighted by Gasteiger charge is 2.24. The molecule has 0 aliphatic carbocycles. The lowest BCUT2D eigenvalue weighted by atomic mass is 10.1. The first kappa shape index (κ1) is 14.6. The molecule has 0 saturated heterocycles. The van der Waals surface area contributed by atoms with Crippen LogP contribution in [0.25, 0.3) is 0 Å². The SMILES string of the molecule is COC(C)C(=O)N(C)C(C)c1cc(F)ccc1F. The molecule has 5 heteroatoms. The molecule has 0 aromatic heterocycles. The summed E-state index contributed by atoms with van der Waals surface area (Å²) in [6, 6.07) is 2.64. The van der Waals surface area contributed by atoms with Crippen LogP contribution >= 0.6 is 0 Å². The molecule has 0 aliphatic heterocycles. The maximum absolute atomic E-state index is 13.6. The van der Waals surface area contributed by atoms with Crippen molar-refractivity contribution in [3.05, 3.63) is 35.4 Å². The van der Waals surface area contributed by atoms with Crippen molar-refractivity contribution in [1.82, 2.24) is 4.90 Å². The molecule has 0 heterocycles. The van der Waals surface area contributed by atoms with Crippen molar-refractivity contribution in [2.24, 2.45) is 0 Å². The highest BCUT2D eigenvalue weighted by atomic mass is 19.1. The van der Waals surface area contributed by atoms with Crippen LogP contribution < -0.4 is 0 Å². The van der Waals surface area contributed by atoms with Crippen molar-refractivity contribution in [2.45, 2.75) is 26.0 Å². The largest absolute Gasteiger partial charge is 0.372 e. The Labute approximate surface area is 105 Å². The van der Waals surface area contributed by atoms with Gasteiger partial charge in [-0.05, 0) is 32.0 Å². The first-order chi connectivity index (χ1) is 8.38. The number of nitrogens with zero attached hydrogens (tertiary/aromatic N) is 1. The molecule has 2 atom stereocenters. The monoisotopic (exact) mass is 257 g/mol. The van der Waals surface area contributed by atoms with Gasteiger partial charge in [-0.15, -0.1) is 0 Å². The first-order valence-electron chi connectivity index (χ1n) is 5.63. The van der Waals surface area contributed by atoms with E-state index in [9.17, 15) is 13.6 Å². The number of amides is 1. The van der Waals surface area contributed by atoms with Gasteiger partial charge in [0.05, 0.1) is 6.04 Å². The maximum Gasteiger partial charge on any atom is 0.251 e. The van der Waals surface area contributed by atoms with Gasteiger partial charge in [0.15, 0.2) is 0 Å². The van der Waals surface area contributed by atoms with E-state index in [1.165, 1.54) is 19.1 Å². The van der Waals surface area contributed by atoms with Crippen LogP contribution in [-0.4, -0.2) is 31.1 Å². The summed E-state index contributed by atoms with van der Waals surface area (Å²) < 4.78 is 31.6. The van der Waals surface area contributed by atoms with Crippen molar-refractivity contribution in [3.8, 4) is 0 Å². The van der Waals surface area contributed by atoms with Gasteiger partial charge in [-0.25, -0.2) is 8.78 Å². The molecule has 18 heavy (non-hydrogen) atoms. The van der Waals surface area contributed by atoms with Gasteiger partial charge in [-0.2, -0.15) is 0 Å². The van der Waals surface area contributed by atoms with E-state index in [1.54, 1.807) is 13.8 Å². The van der Waals surface area contributed by atoms with Crippen molar-refractivity contribution in [3.63, 3.8) is 0 Å². The summed E-state index contributed by atoms with van der Waals surface area (Å²) in [7, 11) is 2.96. The Balaban J connectivity index is 2.96. The molecule has 3 nitrogen and oxygen atoms in total. The number of benzene rings is 1. The fourth-order valence-electron chi connectivity index (χ4n) is 1.62. The zero-order valence-corrected chi connectivity index (χ0v) is 10.9. The van der Waals surface area contributed by atoms with E-state index in [-0.39, 0.29) is 11.5 Å². The quantitative estimate of drug-likeness (QED) is 0.829. The third-order valence-corrected chi connectivity index (χ3v) is 3.04. The third-order valence-electron chi connectivity index (χ3n) is 3.04. The van der Waals surface area contributed by atoms with Crippen molar-refractivity contribution < 1.29 is 18.3 Å². The van der Waals surface area contributed by atoms with Crippen LogP contribution in [-0.2, 0) is 9.53 Å². The average molecular weight is 257 g/mol. The average Bonchev–Trinajstić information content (AvgIpc) is 2.38. The van der Waals surface area contributed by atoms with Gasteiger partial charge in [0, 0.05) is 19.7 Å². The second-order valence-corrected chi connectivity index (χ2v) is 4.17. The number of ether oxygens (including phenoxy) is 1. The van der Waals surface area contributed by atoms with E-state index >= 15 is 0 Å². The molecule has 100 valence electrons. The molecule has 0 fully saturated rings. The zero-order valence-electron chi connectivity index (χ0n) is 10.9. The molecule has 1 aromatic carbocycles. The van der Waals surface area contributed by atoms with Crippen LogP contribution in [0.15, 0.2) is 18.2 Å². The Bertz CT molecular complexity index is 437. The molecule has 2 unspecified atom stereocenters. The lowest BCUT2D eigenvalue weighted by Crippen LogP contribution is -2.37. The number of halogens is 2. The molecule has 0 bridgehead atoms. The predicted molar refractivity (Wildman–Crippen MR) is 64.0 cm³/mol. The Kier molecular flexibility index (Phi) is 4.78. The fourth-order valence-corrected chi connectivity index (χ4v) is 1.62. The Hall–Kier alpha value is -1.49. The van der Waals surface area contributed by atoms with Gasteiger partial charge in [-0.1, -0.05) is 0 Å². The minimum atomic E-state index is -0.617. The van der Waals surface area contributed by atoms with E-state index in [1.807, 2.05) is 0 Å². The Morgan fingerprint density at radius 1 is 1.33 bits per heavy atom. The van der Waals surface area contributed by atoms with E-state index in [4.69, 9.17) is 4.74 Å². The molecule has 0 spiro atoms. The van der Waals surface area contributed by atoms with Crippen molar-refractivity contribution >= 4 is 5.91 Å². The number of hydrogen-bond acceptors (Lipinski definition) is 2. The minimum absolute atomic E-state index is 0.147. The Morgan fingerprint density at radius 2 is 1.94 bits per heavy atom. The second-order valence-electron chi connectivity index (χ2n) is 4.17. The van der Waals surface area contributed by atoms with Crippen LogP contribution in [0.4, 0.5) is 8.78 Å². The maximum atomic E-state index is 13.6. The molecule has 0 aliphatic rings. The second kappa shape index (κ2) is 5.91. The molecule has 1 aromatic rings. The first-order valence-corrected chi connectivity index (χ1v) is 5.63. The number of likely N-dealkylation sites (N-methyl/N-ethyl adjacent to an activating group) is 1. The molecule has 0 radical (unpaired) electrons. The van der Waals surface area contributed by atoms with Crippen LogP contribution in [0.3, 0.4) is 0 Å². The van der Waals surface area contributed by atoms with Gasteiger partial charge < -0.3 is 9.64 Å². The highest BCUT2D eigenvalue weighted by Crippen LogP contribution is 2.23. The summed E-state index contributed by atoms with van der Waals surface area (Å²) in [5.74, 6) is -1.35. The summed E-state index contributed by atoms with van der Waals surface area (Å²) in [4.78, 5) is 13.2. The van der Waals surface area contributed by atoms with E-state index in [0.29, 0.717) is 0 Å². The summed E-state index contributed by atoms with van der Waals surface area (Å²) in [5, 5.41) is 0. The van der Waals surface area contributed by atoms with Gasteiger partial charge >= 0.3 is 0 Å². The van der Waals surface area contributed by atoms with Crippen molar-refractivity contribution in [2.75, 3.05) is 14.2 Å². The minimum Gasteiger partial charge on any atom is -0.372 e. The molecular weight excluding hydrogens is 240 g/mol. The van der Waals surface area contributed by atoms with Gasteiger partial charge in [0.25, 0.3) is 5.91 Å². The van der Waals surface area contributed by atoms with Gasteiger partial charge in [-0.3, -0.25) is 4.79 Å². The van der Waals surface area contributed by atoms with Gasteiger partial charge in [0.1, 0.15) is 17.7 Å². The summed E-state index contributed by atoms with van der Waals surface area (Å²) in [5.41, 5.74) is 0.147. The normalized spacial score (nSPS) is 14.1. The van der Waals surface area contributed by atoms with E-state index in [2.05, 4.69) is 0 Å². The number of rotatable bonds is 4. The van der Waals surface area contributed by atoms with Crippen LogP contribution in [0.1, 0.15) is 25.5 Å². The van der Waals surface area contributed by atoms with E-state index < -0.39 is 23.8 Å².